The largest absolute Gasteiger partial charge is 0.459 e. The highest BCUT2D eigenvalue weighted by Gasteiger charge is 2.32. The van der Waals surface area contributed by atoms with Crippen LogP contribution < -0.4 is 4.90 Å². The van der Waals surface area contributed by atoms with Crippen LogP contribution in [-0.4, -0.2) is 45.5 Å². The highest BCUT2D eigenvalue weighted by Crippen LogP contribution is 2.30. The van der Waals surface area contributed by atoms with Gasteiger partial charge in [-0.2, -0.15) is 0 Å². The van der Waals surface area contributed by atoms with Gasteiger partial charge in [0.1, 0.15) is 5.82 Å². The second kappa shape index (κ2) is 7.59. The van der Waals surface area contributed by atoms with E-state index in [1.165, 1.54) is 6.26 Å². The Morgan fingerprint density at radius 1 is 1.22 bits per heavy atom. The van der Waals surface area contributed by atoms with E-state index in [2.05, 4.69) is 14.9 Å². The molecule has 1 atom stereocenters. The van der Waals surface area contributed by atoms with Crippen LogP contribution in [0.15, 0.2) is 65.7 Å². The molecule has 1 fully saturated rings. The minimum atomic E-state index is -0.123. The van der Waals surface area contributed by atoms with E-state index in [-0.39, 0.29) is 18.6 Å². The molecule has 1 saturated heterocycles. The molecule has 3 heterocycles. The Morgan fingerprint density at radius 3 is 2.89 bits per heavy atom. The summed E-state index contributed by atoms with van der Waals surface area (Å²) in [6, 6.07) is 11.1. The molecule has 0 aliphatic carbocycles. The Balaban J connectivity index is 1.66. The molecule has 1 aromatic carbocycles. The van der Waals surface area contributed by atoms with E-state index in [0.29, 0.717) is 25.4 Å². The molecule has 3 aromatic rings. The van der Waals surface area contributed by atoms with Crippen LogP contribution in [-0.2, 0) is 6.61 Å². The molecule has 138 valence electrons. The number of aromatic nitrogens is 2. The Kier molecular flexibility index (Phi) is 4.84. The van der Waals surface area contributed by atoms with E-state index < -0.39 is 0 Å². The number of amides is 1. The van der Waals surface area contributed by atoms with Crippen LogP contribution in [0.25, 0.3) is 0 Å². The van der Waals surface area contributed by atoms with Gasteiger partial charge in [-0.3, -0.25) is 9.78 Å². The smallest absolute Gasteiger partial charge is 0.289 e. The Labute approximate surface area is 156 Å². The minimum Gasteiger partial charge on any atom is -0.459 e. The third kappa shape index (κ3) is 3.54. The maximum absolute atomic E-state index is 12.7. The first kappa shape index (κ1) is 17.2. The third-order valence-corrected chi connectivity index (χ3v) is 4.76. The van der Waals surface area contributed by atoms with Crippen LogP contribution in [0, 0.1) is 0 Å². The third-order valence-electron chi connectivity index (χ3n) is 4.76. The Morgan fingerprint density at radius 2 is 2.15 bits per heavy atom. The number of carbonyl (C=O) groups excluding carboxylic acids is 1. The monoisotopic (exact) mass is 364 g/mol. The van der Waals surface area contributed by atoms with E-state index in [9.17, 15) is 9.90 Å². The van der Waals surface area contributed by atoms with Gasteiger partial charge in [-0.25, -0.2) is 4.98 Å². The SMILES string of the molecule is O=C(c1ccco1)N1CCN(c2cnccn2)C(c2cccc(CO)c2)C1. The fraction of sp³-hybridized carbons (Fsp3) is 0.250. The molecule has 7 nitrogen and oxygen atoms in total. The number of hydrogen-bond acceptors (Lipinski definition) is 6. The average Bonchev–Trinajstić information content (AvgIpc) is 3.28. The van der Waals surface area contributed by atoms with Crippen LogP contribution in [0.1, 0.15) is 27.7 Å². The highest BCUT2D eigenvalue weighted by molar-refractivity contribution is 5.91. The molecule has 0 spiro atoms. The van der Waals surface area contributed by atoms with Crippen molar-refractivity contribution in [3.63, 3.8) is 0 Å². The zero-order valence-electron chi connectivity index (χ0n) is 14.7. The average molecular weight is 364 g/mol. The standard InChI is InChI=1S/C20H20N4O3/c25-14-15-3-1-4-16(11-15)17-13-23(20(26)18-5-2-10-27-18)8-9-24(17)19-12-21-6-7-22-19/h1-7,10-12,17,25H,8-9,13-14H2. The van der Waals surface area contributed by atoms with Gasteiger partial charge >= 0.3 is 0 Å². The van der Waals surface area contributed by atoms with Crippen molar-refractivity contribution >= 4 is 11.7 Å². The van der Waals surface area contributed by atoms with Crippen molar-refractivity contribution in [1.29, 1.82) is 0 Å². The summed E-state index contributed by atoms with van der Waals surface area (Å²) in [5.74, 6) is 0.981. The van der Waals surface area contributed by atoms with E-state index in [1.807, 2.05) is 24.3 Å². The topological polar surface area (TPSA) is 82.7 Å². The van der Waals surface area contributed by atoms with Crippen LogP contribution in [0.3, 0.4) is 0 Å². The van der Waals surface area contributed by atoms with Crippen LogP contribution in [0.4, 0.5) is 5.82 Å². The number of carbonyl (C=O) groups is 1. The van der Waals surface area contributed by atoms with Crippen LogP contribution in [0.2, 0.25) is 0 Å². The molecule has 1 amide bonds. The summed E-state index contributed by atoms with van der Waals surface area (Å²) < 4.78 is 5.28. The van der Waals surface area contributed by atoms with E-state index >= 15 is 0 Å². The van der Waals surface area contributed by atoms with E-state index in [0.717, 1.165) is 16.9 Å². The number of aliphatic hydroxyl groups is 1. The summed E-state index contributed by atoms with van der Waals surface area (Å²) >= 11 is 0. The summed E-state index contributed by atoms with van der Waals surface area (Å²) in [4.78, 5) is 25.3. The minimum absolute atomic E-state index is 0.0270. The molecular weight excluding hydrogens is 344 g/mol. The van der Waals surface area contributed by atoms with Gasteiger partial charge in [-0.1, -0.05) is 24.3 Å². The number of benzene rings is 1. The number of furan rings is 1. The molecule has 0 bridgehead atoms. The molecule has 1 N–H and O–H groups in total. The van der Waals surface area contributed by atoms with Crippen molar-refractivity contribution in [2.45, 2.75) is 12.6 Å². The fourth-order valence-corrected chi connectivity index (χ4v) is 3.42. The zero-order chi connectivity index (χ0) is 18.6. The van der Waals surface area contributed by atoms with E-state index in [4.69, 9.17) is 4.42 Å². The molecule has 1 aliphatic heterocycles. The summed E-state index contributed by atoms with van der Waals surface area (Å²) in [7, 11) is 0. The first-order valence-electron chi connectivity index (χ1n) is 8.81. The quantitative estimate of drug-likeness (QED) is 0.765. The normalized spacial score (nSPS) is 17.1. The zero-order valence-corrected chi connectivity index (χ0v) is 14.7. The lowest BCUT2D eigenvalue weighted by molar-refractivity contribution is 0.0689. The van der Waals surface area contributed by atoms with Gasteiger partial charge < -0.3 is 19.3 Å². The van der Waals surface area contributed by atoms with Gasteiger partial charge in [0.25, 0.3) is 5.91 Å². The first-order valence-corrected chi connectivity index (χ1v) is 8.81. The van der Waals surface area contributed by atoms with Crippen molar-refractivity contribution in [3.8, 4) is 0 Å². The van der Waals surface area contributed by atoms with Crippen molar-refractivity contribution in [3.05, 3.63) is 78.1 Å². The van der Waals surface area contributed by atoms with Crippen molar-refractivity contribution in [2.75, 3.05) is 24.5 Å². The molecule has 7 heteroatoms. The molecular formula is C20H20N4O3. The van der Waals surface area contributed by atoms with Gasteiger partial charge in [-0.15, -0.1) is 0 Å². The lowest BCUT2D eigenvalue weighted by atomic mass is 10.00. The summed E-state index contributed by atoms with van der Waals surface area (Å²) in [5, 5.41) is 9.50. The Hall–Kier alpha value is -3.19. The number of anilines is 1. The first-order chi connectivity index (χ1) is 13.3. The van der Waals surface area contributed by atoms with Crippen LogP contribution >= 0.6 is 0 Å². The van der Waals surface area contributed by atoms with Crippen molar-refractivity contribution in [1.82, 2.24) is 14.9 Å². The van der Waals surface area contributed by atoms with Crippen molar-refractivity contribution in [2.24, 2.45) is 0 Å². The number of aliphatic hydroxyl groups excluding tert-OH is 1. The van der Waals surface area contributed by atoms with Gasteiger partial charge in [0, 0.05) is 32.0 Å². The number of nitrogens with zero attached hydrogens (tertiary/aromatic N) is 4. The second-order valence-corrected chi connectivity index (χ2v) is 6.40. The molecule has 4 rings (SSSR count). The van der Waals surface area contributed by atoms with Gasteiger partial charge in [0.05, 0.1) is 25.1 Å². The second-order valence-electron chi connectivity index (χ2n) is 6.40. The predicted octanol–water partition coefficient (Wildman–Crippen LogP) is 2.27. The van der Waals surface area contributed by atoms with Gasteiger partial charge in [0.2, 0.25) is 0 Å². The summed E-state index contributed by atoms with van der Waals surface area (Å²) in [6.45, 7) is 1.65. The summed E-state index contributed by atoms with van der Waals surface area (Å²) in [5.41, 5.74) is 1.85. The van der Waals surface area contributed by atoms with Gasteiger partial charge in [-0.05, 0) is 23.3 Å². The predicted molar refractivity (Wildman–Crippen MR) is 99.1 cm³/mol. The molecule has 1 unspecified atom stereocenters. The fourth-order valence-electron chi connectivity index (χ4n) is 3.42. The maximum atomic E-state index is 12.7. The van der Waals surface area contributed by atoms with E-state index in [1.54, 1.807) is 35.6 Å². The molecule has 0 radical (unpaired) electrons. The van der Waals surface area contributed by atoms with Crippen LogP contribution in [0.5, 0.6) is 0 Å². The highest BCUT2D eigenvalue weighted by atomic mass is 16.3. The maximum Gasteiger partial charge on any atom is 0.289 e. The molecule has 0 saturated carbocycles. The summed E-state index contributed by atoms with van der Waals surface area (Å²) in [6.07, 6.45) is 6.54. The number of piperazine rings is 1. The Bertz CT molecular complexity index is 899. The number of rotatable bonds is 4. The lowest BCUT2D eigenvalue weighted by Gasteiger charge is -2.42. The number of hydrogen-bond donors (Lipinski definition) is 1. The van der Waals surface area contributed by atoms with Gasteiger partial charge in [0.15, 0.2) is 5.76 Å². The molecule has 1 aliphatic rings. The lowest BCUT2D eigenvalue weighted by Crippen LogP contribution is -2.50. The molecule has 27 heavy (non-hydrogen) atoms. The molecule has 2 aromatic heterocycles. The van der Waals surface area contributed by atoms with Crippen molar-refractivity contribution < 1.29 is 14.3 Å².